The number of amides is 1. The first kappa shape index (κ1) is 18.5. The smallest absolute Gasteiger partial charge is 0.255 e. The number of ether oxygens (including phenoxy) is 1. The molecule has 0 saturated carbocycles. The Morgan fingerprint density at radius 3 is 2.88 bits per heavy atom. The number of rotatable bonds is 6. The lowest BCUT2D eigenvalue weighted by Crippen LogP contribution is -2.32. The van der Waals surface area contributed by atoms with E-state index in [0.29, 0.717) is 18.2 Å². The molecule has 0 radical (unpaired) electrons. The molecule has 1 N–H and O–H groups in total. The van der Waals surface area contributed by atoms with Crippen LogP contribution in [0.4, 0.5) is 14.5 Å². The minimum absolute atomic E-state index is 0.0403. The van der Waals surface area contributed by atoms with Gasteiger partial charge >= 0.3 is 0 Å². The molecule has 0 bridgehead atoms. The molecular formula is C20H22F2N2O2. The molecular weight excluding hydrogens is 338 g/mol. The zero-order valence-corrected chi connectivity index (χ0v) is 14.7. The maximum atomic E-state index is 13.7. The number of likely N-dealkylation sites (tertiary alicyclic amines) is 1. The van der Waals surface area contributed by atoms with Crippen molar-refractivity contribution in [3.05, 3.63) is 65.2 Å². The van der Waals surface area contributed by atoms with Crippen LogP contribution in [0.3, 0.4) is 0 Å². The van der Waals surface area contributed by atoms with E-state index in [1.165, 1.54) is 6.07 Å². The summed E-state index contributed by atoms with van der Waals surface area (Å²) in [6.07, 6.45) is 2.25. The highest BCUT2D eigenvalue weighted by Crippen LogP contribution is 2.21. The normalized spacial score (nSPS) is 17.4. The molecule has 26 heavy (non-hydrogen) atoms. The quantitative estimate of drug-likeness (QED) is 0.851. The number of methoxy groups -OCH3 is 1. The van der Waals surface area contributed by atoms with Gasteiger partial charge in [-0.25, -0.2) is 8.78 Å². The fourth-order valence-corrected chi connectivity index (χ4v) is 3.32. The van der Waals surface area contributed by atoms with E-state index in [-0.39, 0.29) is 5.69 Å². The molecule has 0 spiro atoms. The average molecular weight is 360 g/mol. The standard InChI is InChI=1S/C20H22F2N2O2/c1-26-13-17-6-3-9-24(17)12-14-4-2-5-15(10-14)20(25)23-19-8-7-16(21)11-18(19)22/h2,4-5,7-8,10-11,17H,3,6,9,12-13H2,1H3,(H,23,25)/t17-/m1/s1. The van der Waals surface area contributed by atoms with Crippen molar-refractivity contribution in [1.82, 2.24) is 4.90 Å². The van der Waals surface area contributed by atoms with E-state index in [9.17, 15) is 13.6 Å². The third kappa shape index (κ3) is 4.45. The third-order valence-electron chi connectivity index (χ3n) is 4.61. The summed E-state index contributed by atoms with van der Waals surface area (Å²) in [7, 11) is 1.70. The predicted molar refractivity (Wildman–Crippen MR) is 96.1 cm³/mol. The Morgan fingerprint density at radius 1 is 1.27 bits per heavy atom. The Morgan fingerprint density at radius 2 is 2.12 bits per heavy atom. The van der Waals surface area contributed by atoms with E-state index >= 15 is 0 Å². The van der Waals surface area contributed by atoms with E-state index in [2.05, 4.69) is 10.2 Å². The third-order valence-corrected chi connectivity index (χ3v) is 4.61. The van der Waals surface area contributed by atoms with Gasteiger partial charge in [0.2, 0.25) is 0 Å². The molecule has 1 heterocycles. The summed E-state index contributed by atoms with van der Waals surface area (Å²) in [5.74, 6) is -1.90. The molecule has 1 fully saturated rings. The van der Waals surface area contributed by atoms with Crippen molar-refractivity contribution < 1.29 is 18.3 Å². The van der Waals surface area contributed by atoms with Crippen LogP contribution < -0.4 is 5.32 Å². The van der Waals surface area contributed by atoms with E-state index < -0.39 is 17.5 Å². The van der Waals surface area contributed by atoms with Crippen LogP contribution in [0, 0.1) is 11.6 Å². The van der Waals surface area contributed by atoms with Gasteiger partial charge in [0.25, 0.3) is 5.91 Å². The molecule has 1 saturated heterocycles. The van der Waals surface area contributed by atoms with Crippen molar-refractivity contribution in [2.75, 3.05) is 25.6 Å². The molecule has 0 unspecified atom stereocenters. The number of benzene rings is 2. The molecule has 0 aromatic heterocycles. The van der Waals surface area contributed by atoms with E-state index in [1.807, 2.05) is 12.1 Å². The van der Waals surface area contributed by atoms with Gasteiger partial charge in [-0.1, -0.05) is 12.1 Å². The summed E-state index contributed by atoms with van der Waals surface area (Å²) in [5, 5.41) is 2.49. The molecule has 3 rings (SSSR count). The fraction of sp³-hybridized carbons (Fsp3) is 0.350. The molecule has 138 valence electrons. The molecule has 1 atom stereocenters. The van der Waals surface area contributed by atoms with Crippen molar-refractivity contribution in [3.8, 4) is 0 Å². The Labute approximate surface area is 151 Å². The fourth-order valence-electron chi connectivity index (χ4n) is 3.32. The van der Waals surface area contributed by atoms with Crippen LogP contribution in [0.25, 0.3) is 0 Å². The van der Waals surface area contributed by atoms with Crippen LogP contribution in [0.15, 0.2) is 42.5 Å². The summed E-state index contributed by atoms with van der Waals surface area (Å²) in [4.78, 5) is 14.7. The van der Waals surface area contributed by atoms with E-state index in [1.54, 1.807) is 19.2 Å². The minimum atomic E-state index is -0.797. The second-order valence-corrected chi connectivity index (χ2v) is 6.50. The monoisotopic (exact) mass is 360 g/mol. The first-order valence-electron chi connectivity index (χ1n) is 8.65. The Bertz CT molecular complexity index is 782. The van der Waals surface area contributed by atoms with Crippen LogP contribution in [-0.2, 0) is 11.3 Å². The maximum Gasteiger partial charge on any atom is 0.255 e. The molecule has 1 aliphatic heterocycles. The number of hydrogen-bond donors (Lipinski definition) is 1. The van der Waals surface area contributed by atoms with Gasteiger partial charge in [0.05, 0.1) is 12.3 Å². The van der Waals surface area contributed by atoms with Gasteiger partial charge in [-0.3, -0.25) is 9.69 Å². The molecule has 6 heteroatoms. The number of anilines is 1. The van der Waals surface area contributed by atoms with Gasteiger partial charge in [0.1, 0.15) is 11.6 Å². The van der Waals surface area contributed by atoms with Gasteiger partial charge in [-0.05, 0) is 49.2 Å². The number of carbonyl (C=O) groups excluding carboxylic acids is 1. The highest BCUT2D eigenvalue weighted by Gasteiger charge is 2.24. The molecule has 4 nitrogen and oxygen atoms in total. The zero-order valence-electron chi connectivity index (χ0n) is 14.7. The highest BCUT2D eigenvalue weighted by atomic mass is 19.1. The summed E-state index contributed by atoms with van der Waals surface area (Å²) in [6.45, 7) is 2.44. The zero-order chi connectivity index (χ0) is 18.5. The second-order valence-electron chi connectivity index (χ2n) is 6.50. The summed E-state index contributed by atoms with van der Waals surface area (Å²) in [5.41, 5.74) is 1.41. The van der Waals surface area contributed by atoms with Gasteiger partial charge in [-0.2, -0.15) is 0 Å². The Balaban J connectivity index is 1.69. The Kier molecular flexibility index (Phi) is 5.96. The van der Waals surface area contributed by atoms with Crippen molar-refractivity contribution >= 4 is 11.6 Å². The summed E-state index contributed by atoms with van der Waals surface area (Å²) < 4.78 is 32.0. The topological polar surface area (TPSA) is 41.6 Å². The number of nitrogens with zero attached hydrogens (tertiary/aromatic N) is 1. The van der Waals surface area contributed by atoms with E-state index in [0.717, 1.165) is 43.6 Å². The van der Waals surface area contributed by atoms with Crippen molar-refractivity contribution in [1.29, 1.82) is 0 Å². The SMILES string of the molecule is COC[C@H]1CCCN1Cc1cccc(C(=O)Nc2ccc(F)cc2F)c1. The number of nitrogens with one attached hydrogen (secondary N) is 1. The van der Waals surface area contributed by atoms with Crippen LogP contribution in [0.1, 0.15) is 28.8 Å². The van der Waals surface area contributed by atoms with Gasteiger partial charge in [0.15, 0.2) is 0 Å². The van der Waals surface area contributed by atoms with Crippen LogP contribution in [0.2, 0.25) is 0 Å². The number of halogens is 2. The first-order valence-corrected chi connectivity index (χ1v) is 8.65. The minimum Gasteiger partial charge on any atom is -0.383 e. The molecule has 2 aromatic carbocycles. The van der Waals surface area contributed by atoms with Crippen molar-refractivity contribution in [3.63, 3.8) is 0 Å². The van der Waals surface area contributed by atoms with Gasteiger partial charge in [-0.15, -0.1) is 0 Å². The number of hydrogen-bond acceptors (Lipinski definition) is 3. The second kappa shape index (κ2) is 8.38. The lowest BCUT2D eigenvalue weighted by atomic mass is 10.1. The van der Waals surface area contributed by atoms with Crippen molar-refractivity contribution in [2.45, 2.75) is 25.4 Å². The van der Waals surface area contributed by atoms with Crippen LogP contribution in [-0.4, -0.2) is 37.1 Å². The number of carbonyl (C=O) groups is 1. The van der Waals surface area contributed by atoms with Crippen LogP contribution in [0.5, 0.6) is 0 Å². The molecule has 1 aliphatic rings. The Hall–Kier alpha value is -2.31. The van der Waals surface area contributed by atoms with E-state index in [4.69, 9.17) is 4.74 Å². The van der Waals surface area contributed by atoms with Crippen molar-refractivity contribution in [2.24, 2.45) is 0 Å². The first-order chi connectivity index (χ1) is 12.6. The molecule has 2 aromatic rings. The summed E-state index contributed by atoms with van der Waals surface area (Å²) in [6, 6.07) is 10.7. The predicted octanol–water partition coefficient (Wildman–Crippen LogP) is 3.83. The van der Waals surface area contributed by atoms with Gasteiger partial charge in [0, 0.05) is 31.3 Å². The largest absolute Gasteiger partial charge is 0.383 e. The maximum absolute atomic E-state index is 13.7. The molecule has 0 aliphatic carbocycles. The lowest BCUT2D eigenvalue weighted by molar-refractivity contribution is 0.102. The molecule has 1 amide bonds. The van der Waals surface area contributed by atoms with Gasteiger partial charge < -0.3 is 10.1 Å². The summed E-state index contributed by atoms with van der Waals surface area (Å²) >= 11 is 0. The highest BCUT2D eigenvalue weighted by molar-refractivity contribution is 6.04. The van der Waals surface area contributed by atoms with Crippen LogP contribution >= 0.6 is 0 Å². The lowest BCUT2D eigenvalue weighted by Gasteiger charge is -2.24. The average Bonchev–Trinajstić information content (AvgIpc) is 3.05.